The molecule has 0 aromatic heterocycles. The van der Waals surface area contributed by atoms with Gasteiger partial charge in [-0.1, -0.05) is 29.8 Å². The molecule has 1 saturated heterocycles. The van der Waals surface area contributed by atoms with Crippen LogP contribution in [0.1, 0.15) is 24.8 Å². The average molecular weight is 474 g/mol. The summed E-state index contributed by atoms with van der Waals surface area (Å²) in [5.74, 6) is -2.21. The van der Waals surface area contributed by atoms with Gasteiger partial charge in [0.15, 0.2) is 6.61 Å². The van der Waals surface area contributed by atoms with Crippen LogP contribution < -0.4 is 4.90 Å². The number of aryl methyl sites for hydroxylation is 1. The smallest absolute Gasteiger partial charge is 0.324 e. The Morgan fingerprint density at radius 3 is 2.58 bits per heavy atom. The van der Waals surface area contributed by atoms with Gasteiger partial charge in [0.1, 0.15) is 11.9 Å². The van der Waals surface area contributed by atoms with Crippen LogP contribution in [0.5, 0.6) is 0 Å². The zero-order valence-corrected chi connectivity index (χ0v) is 18.9. The van der Waals surface area contributed by atoms with Crippen molar-refractivity contribution in [3.8, 4) is 6.07 Å². The van der Waals surface area contributed by atoms with Gasteiger partial charge < -0.3 is 9.64 Å². The van der Waals surface area contributed by atoms with E-state index >= 15 is 0 Å². The fourth-order valence-corrected chi connectivity index (χ4v) is 5.27. The molecule has 1 heterocycles. The highest BCUT2D eigenvalue weighted by Gasteiger charge is 2.40. The van der Waals surface area contributed by atoms with Crippen LogP contribution in [0.4, 0.5) is 10.1 Å². The molecule has 10 heteroatoms. The van der Waals surface area contributed by atoms with E-state index in [1.54, 1.807) is 18.2 Å². The first-order chi connectivity index (χ1) is 15.8. The molecule has 0 N–H and O–H groups in total. The van der Waals surface area contributed by atoms with Gasteiger partial charge in [0.25, 0.3) is 5.91 Å². The lowest BCUT2D eigenvalue weighted by atomic mass is 10.2. The number of sulfonamides is 1. The van der Waals surface area contributed by atoms with Gasteiger partial charge in [-0.15, -0.1) is 0 Å². The van der Waals surface area contributed by atoms with Gasteiger partial charge in [-0.05, 0) is 44.0 Å². The Balaban J connectivity index is 1.70. The molecule has 1 amide bonds. The molecular weight excluding hydrogens is 449 g/mol. The zero-order valence-electron chi connectivity index (χ0n) is 18.1. The van der Waals surface area contributed by atoms with E-state index < -0.39 is 40.4 Å². The van der Waals surface area contributed by atoms with Gasteiger partial charge in [-0.25, -0.2) is 12.8 Å². The highest BCUT2D eigenvalue weighted by molar-refractivity contribution is 7.89. The number of anilines is 1. The molecule has 2 aromatic rings. The predicted octanol–water partition coefficient (Wildman–Crippen LogP) is 2.78. The van der Waals surface area contributed by atoms with Crippen molar-refractivity contribution in [3.05, 3.63) is 59.9 Å². The number of benzene rings is 2. The molecule has 0 radical (unpaired) electrons. The number of hydrogen-bond donors (Lipinski definition) is 0. The van der Waals surface area contributed by atoms with Gasteiger partial charge in [0, 0.05) is 13.1 Å². The van der Waals surface area contributed by atoms with Crippen LogP contribution in [0.2, 0.25) is 0 Å². The SMILES string of the molecule is Cc1ccc(S(=O)(=O)N2CCCC2C(=O)OCC(=O)N(CCC#N)c2ccccc2F)cc1. The molecule has 8 nitrogen and oxygen atoms in total. The molecule has 1 atom stereocenters. The van der Waals surface area contributed by atoms with Crippen molar-refractivity contribution in [1.82, 2.24) is 4.31 Å². The van der Waals surface area contributed by atoms with Crippen LogP contribution in [0.25, 0.3) is 0 Å². The van der Waals surface area contributed by atoms with Crippen LogP contribution in [0.15, 0.2) is 53.4 Å². The fraction of sp³-hybridized carbons (Fsp3) is 0.348. The normalized spacial score (nSPS) is 16.2. The van der Waals surface area contributed by atoms with E-state index in [1.165, 1.54) is 30.3 Å². The number of nitrogens with zero attached hydrogens (tertiary/aromatic N) is 3. The second-order valence-corrected chi connectivity index (χ2v) is 9.49. The Morgan fingerprint density at radius 1 is 1.21 bits per heavy atom. The van der Waals surface area contributed by atoms with Gasteiger partial charge in [0.2, 0.25) is 10.0 Å². The van der Waals surface area contributed by atoms with Crippen LogP contribution in [-0.2, 0) is 24.3 Å². The van der Waals surface area contributed by atoms with Gasteiger partial charge in [-0.3, -0.25) is 9.59 Å². The first-order valence-electron chi connectivity index (χ1n) is 10.4. The molecule has 1 unspecified atom stereocenters. The maximum atomic E-state index is 14.2. The second-order valence-electron chi connectivity index (χ2n) is 7.60. The van der Waals surface area contributed by atoms with E-state index in [2.05, 4.69) is 0 Å². The molecule has 1 fully saturated rings. The highest BCUT2D eigenvalue weighted by Crippen LogP contribution is 2.27. The lowest BCUT2D eigenvalue weighted by Gasteiger charge is -2.24. The number of nitriles is 1. The Kier molecular flexibility index (Phi) is 7.79. The minimum atomic E-state index is -3.91. The number of esters is 1. The van der Waals surface area contributed by atoms with Crippen molar-refractivity contribution < 1.29 is 27.1 Å². The molecule has 174 valence electrons. The summed E-state index contributed by atoms with van der Waals surface area (Å²) in [6, 6.07) is 12.7. The van der Waals surface area contributed by atoms with E-state index in [0.717, 1.165) is 14.8 Å². The minimum Gasteiger partial charge on any atom is -0.454 e. The molecule has 1 aliphatic rings. The third kappa shape index (κ3) is 5.56. The number of rotatable bonds is 8. The quantitative estimate of drug-likeness (QED) is 0.546. The molecule has 33 heavy (non-hydrogen) atoms. The summed E-state index contributed by atoms with van der Waals surface area (Å²) in [6.45, 7) is 1.22. The van der Waals surface area contributed by atoms with Crippen LogP contribution in [0.3, 0.4) is 0 Å². The molecule has 1 aliphatic heterocycles. The fourth-order valence-electron chi connectivity index (χ4n) is 3.63. The standard InChI is InChI=1S/C23H24FN3O5S/c1-17-9-11-18(12-10-17)33(30,31)27-15-4-8-21(27)23(29)32-16-22(28)26(14-5-13-25)20-7-3-2-6-19(20)24/h2-3,6-7,9-12,21H,4-5,8,14-16H2,1H3. The lowest BCUT2D eigenvalue weighted by Crippen LogP contribution is -2.43. The lowest BCUT2D eigenvalue weighted by molar-refractivity contribution is -0.151. The molecule has 3 rings (SSSR count). The largest absolute Gasteiger partial charge is 0.454 e. The van der Waals surface area contributed by atoms with Crippen molar-refractivity contribution >= 4 is 27.6 Å². The molecule has 0 aliphatic carbocycles. The second kappa shape index (κ2) is 10.6. The van der Waals surface area contributed by atoms with Gasteiger partial charge in [-0.2, -0.15) is 9.57 Å². The zero-order chi connectivity index (χ0) is 24.0. The number of carbonyl (C=O) groups is 2. The summed E-state index contributed by atoms with van der Waals surface area (Å²) >= 11 is 0. The summed E-state index contributed by atoms with van der Waals surface area (Å²) < 4.78 is 46.5. The first-order valence-corrected chi connectivity index (χ1v) is 11.9. The number of amides is 1. The van der Waals surface area contributed by atoms with E-state index in [-0.39, 0.29) is 36.5 Å². The number of halogens is 1. The molecular formula is C23H24FN3O5S. The summed E-state index contributed by atoms with van der Waals surface area (Å²) in [5, 5.41) is 8.86. The van der Waals surface area contributed by atoms with Crippen molar-refractivity contribution in [2.45, 2.75) is 37.1 Å². The third-order valence-electron chi connectivity index (χ3n) is 5.33. The van der Waals surface area contributed by atoms with Crippen molar-refractivity contribution in [2.24, 2.45) is 0 Å². The minimum absolute atomic E-state index is 0.0294. The van der Waals surface area contributed by atoms with E-state index in [4.69, 9.17) is 10.00 Å². The Hall–Kier alpha value is -3.29. The van der Waals surface area contributed by atoms with Crippen LogP contribution >= 0.6 is 0 Å². The predicted molar refractivity (Wildman–Crippen MR) is 118 cm³/mol. The van der Waals surface area contributed by atoms with Crippen LogP contribution in [-0.4, -0.2) is 50.3 Å². The maximum Gasteiger partial charge on any atom is 0.324 e. The van der Waals surface area contributed by atoms with Crippen molar-refractivity contribution in [3.63, 3.8) is 0 Å². The summed E-state index contributed by atoms with van der Waals surface area (Å²) in [6.07, 6.45) is 0.700. The van der Waals surface area contributed by atoms with E-state index in [1.807, 2.05) is 13.0 Å². The first kappa shape index (κ1) is 24.4. The number of hydrogen-bond acceptors (Lipinski definition) is 6. The number of ether oxygens (including phenoxy) is 1. The van der Waals surface area contributed by atoms with E-state index in [0.29, 0.717) is 6.42 Å². The molecule has 0 spiro atoms. The van der Waals surface area contributed by atoms with Crippen LogP contribution in [0, 0.1) is 24.1 Å². The van der Waals surface area contributed by atoms with Crippen molar-refractivity contribution in [2.75, 3.05) is 24.6 Å². The topological polar surface area (TPSA) is 108 Å². The Labute approximate surface area is 192 Å². The number of carbonyl (C=O) groups excluding carboxylic acids is 2. The summed E-state index contributed by atoms with van der Waals surface area (Å²) in [7, 11) is -3.91. The third-order valence-corrected chi connectivity index (χ3v) is 7.26. The molecule has 2 aromatic carbocycles. The Bertz CT molecular complexity index is 1160. The Morgan fingerprint density at radius 2 is 1.91 bits per heavy atom. The number of para-hydroxylation sites is 1. The van der Waals surface area contributed by atoms with Crippen molar-refractivity contribution in [1.29, 1.82) is 5.26 Å². The monoisotopic (exact) mass is 473 g/mol. The maximum absolute atomic E-state index is 14.2. The summed E-state index contributed by atoms with van der Waals surface area (Å²) in [5.41, 5.74) is 0.874. The van der Waals surface area contributed by atoms with Gasteiger partial charge in [0.05, 0.1) is 23.1 Å². The van der Waals surface area contributed by atoms with Gasteiger partial charge >= 0.3 is 5.97 Å². The van der Waals surface area contributed by atoms with E-state index in [9.17, 15) is 22.4 Å². The molecule has 0 bridgehead atoms. The summed E-state index contributed by atoms with van der Waals surface area (Å²) in [4.78, 5) is 26.5. The average Bonchev–Trinajstić information content (AvgIpc) is 3.30. The molecule has 0 saturated carbocycles. The highest BCUT2D eigenvalue weighted by atomic mass is 32.2.